The van der Waals surface area contributed by atoms with Gasteiger partial charge in [0.25, 0.3) is 0 Å². The summed E-state index contributed by atoms with van der Waals surface area (Å²) in [7, 11) is 5.41. The number of ether oxygens (including phenoxy) is 1. The fourth-order valence-corrected chi connectivity index (χ4v) is 9.42. The standard InChI is InChI=1S/C38H36N8O14/c1-6-60-28-9-7-8-20(34(28)47)29-19-10-11-21-30(37(50)41(35(21)48)17-12-24(43(52)53)32(39(2)3)25(13-17)44(54)55)22(19)16-23-31(29)38(51)42(36(23)49)18-14-26(45(56)57)33(40(4)5)27(15-18)46(58)59/h7-10,12-15,21-23,29-31,47H,6,11,16H2,1-5H3/t21-,22+,23+,29+,30-,31+/m0/s1. The van der Waals surface area contributed by atoms with Gasteiger partial charge in [-0.25, -0.2) is 9.80 Å². The zero-order valence-electron chi connectivity index (χ0n) is 32.5. The van der Waals surface area contributed by atoms with Crippen molar-refractivity contribution >= 4 is 69.1 Å². The quantitative estimate of drug-likeness (QED) is 0.120. The summed E-state index contributed by atoms with van der Waals surface area (Å²) >= 11 is 0. The predicted molar refractivity (Wildman–Crippen MR) is 210 cm³/mol. The number of carbonyl (C=O) groups excluding carboxylic acids is 4. The van der Waals surface area contributed by atoms with E-state index in [-0.39, 0.29) is 47.9 Å². The molecule has 22 nitrogen and oxygen atoms in total. The van der Waals surface area contributed by atoms with E-state index in [1.54, 1.807) is 19.1 Å². The van der Waals surface area contributed by atoms with Crippen molar-refractivity contribution in [3.63, 3.8) is 0 Å². The summed E-state index contributed by atoms with van der Waals surface area (Å²) in [6.07, 6.45) is 1.29. The molecule has 6 atom stereocenters. The first-order chi connectivity index (χ1) is 28.3. The van der Waals surface area contributed by atoms with Crippen molar-refractivity contribution in [3.05, 3.63) is 100 Å². The van der Waals surface area contributed by atoms with Crippen LogP contribution >= 0.6 is 0 Å². The number of phenolic OH excluding ortho intramolecular Hbond substituents is 1. The Kier molecular flexibility index (Phi) is 9.96. The molecule has 0 aromatic heterocycles. The normalized spacial score (nSPS) is 23.1. The van der Waals surface area contributed by atoms with Gasteiger partial charge in [0.05, 0.1) is 61.3 Å². The van der Waals surface area contributed by atoms with Gasteiger partial charge in [-0.15, -0.1) is 0 Å². The predicted octanol–water partition coefficient (Wildman–Crippen LogP) is 4.60. The van der Waals surface area contributed by atoms with Gasteiger partial charge in [-0.3, -0.25) is 59.6 Å². The summed E-state index contributed by atoms with van der Waals surface area (Å²) in [6.45, 7) is 1.80. The van der Waals surface area contributed by atoms with Crippen molar-refractivity contribution in [2.45, 2.75) is 25.7 Å². The lowest BCUT2D eigenvalue weighted by molar-refractivity contribution is -0.392. The molecule has 3 fully saturated rings. The van der Waals surface area contributed by atoms with Crippen LogP contribution in [0.1, 0.15) is 31.2 Å². The van der Waals surface area contributed by atoms with Crippen molar-refractivity contribution in [3.8, 4) is 11.5 Å². The summed E-state index contributed by atoms with van der Waals surface area (Å²) in [4.78, 5) is 107. The number of anilines is 4. The highest BCUT2D eigenvalue weighted by atomic mass is 16.6. The van der Waals surface area contributed by atoms with Crippen LogP contribution in [0.3, 0.4) is 0 Å². The van der Waals surface area contributed by atoms with Crippen LogP contribution in [0, 0.1) is 70.0 Å². The number of hydrogen-bond acceptors (Lipinski definition) is 16. The van der Waals surface area contributed by atoms with Crippen LogP contribution in [0.25, 0.3) is 0 Å². The fourth-order valence-electron chi connectivity index (χ4n) is 9.42. The molecule has 2 heterocycles. The van der Waals surface area contributed by atoms with Crippen LogP contribution in [-0.2, 0) is 19.2 Å². The first-order valence-corrected chi connectivity index (χ1v) is 18.5. The maximum Gasteiger partial charge on any atom is 0.301 e. The molecule has 2 saturated heterocycles. The Morgan fingerprint density at radius 1 is 0.683 bits per heavy atom. The summed E-state index contributed by atoms with van der Waals surface area (Å²) in [5.41, 5.74) is -4.10. The Balaban J connectivity index is 1.38. The van der Waals surface area contributed by atoms with Gasteiger partial charge < -0.3 is 19.6 Å². The number of nitrogens with zero attached hydrogens (tertiary/aromatic N) is 8. The van der Waals surface area contributed by atoms with E-state index < -0.39 is 113 Å². The second-order valence-electron chi connectivity index (χ2n) is 15.2. The number of rotatable bonds is 11. The van der Waals surface area contributed by atoms with Crippen LogP contribution in [0.2, 0.25) is 0 Å². The van der Waals surface area contributed by atoms with Gasteiger partial charge in [0.1, 0.15) is 0 Å². The molecule has 22 heteroatoms. The number of carbonyl (C=O) groups is 4. The molecule has 3 aromatic rings. The first-order valence-electron chi connectivity index (χ1n) is 18.5. The average molecular weight is 829 g/mol. The van der Waals surface area contributed by atoms with Gasteiger partial charge in [0, 0.05) is 63.9 Å². The minimum Gasteiger partial charge on any atom is -0.504 e. The van der Waals surface area contributed by atoms with Gasteiger partial charge in [0.15, 0.2) is 22.9 Å². The number of benzene rings is 3. The lowest BCUT2D eigenvalue weighted by Crippen LogP contribution is -2.43. The van der Waals surface area contributed by atoms with Crippen LogP contribution in [0.4, 0.5) is 45.5 Å². The lowest BCUT2D eigenvalue weighted by Gasteiger charge is -2.44. The molecule has 60 heavy (non-hydrogen) atoms. The van der Waals surface area contributed by atoms with E-state index in [9.17, 15) is 64.7 Å². The van der Waals surface area contributed by atoms with Gasteiger partial charge in [-0.1, -0.05) is 23.8 Å². The van der Waals surface area contributed by atoms with E-state index >= 15 is 0 Å². The Hall–Kier alpha value is -7.52. The average Bonchev–Trinajstić information content (AvgIpc) is 3.60. The number of allylic oxidation sites excluding steroid dienone is 2. The molecule has 7 rings (SSSR count). The third kappa shape index (κ3) is 6.09. The smallest absolute Gasteiger partial charge is 0.301 e. The number of nitro groups is 4. The second-order valence-corrected chi connectivity index (χ2v) is 15.2. The number of imide groups is 2. The van der Waals surface area contributed by atoms with Gasteiger partial charge >= 0.3 is 22.7 Å². The van der Waals surface area contributed by atoms with Crippen LogP contribution in [-0.4, -0.2) is 83.2 Å². The van der Waals surface area contributed by atoms with Gasteiger partial charge in [-0.2, -0.15) is 0 Å². The SMILES string of the molecule is CCOc1cccc([C@H]2C3=CC[C@@H]4C(=O)N(c5cc([N+](=O)[O-])c(N(C)C)c([N+](=O)[O-])c5)C(=O)[C@@H]4[C@@H]3C[C@H]3C(=O)N(c4cc([N+](=O)[O-])c(N(C)C)c([N+](=O)[O-])c4)C(=O)[C@@H]23)c1O. The molecule has 3 aromatic carbocycles. The molecule has 2 aliphatic carbocycles. The second kappa shape index (κ2) is 14.7. The van der Waals surface area contributed by atoms with Gasteiger partial charge in [0.2, 0.25) is 23.6 Å². The molecule has 4 amide bonds. The largest absolute Gasteiger partial charge is 0.504 e. The Morgan fingerprint density at radius 3 is 1.57 bits per heavy atom. The van der Waals surface area contributed by atoms with Crippen LogP contribution < -0.4 is 24.3 Å². The molecule has 0 spiro atoms. The van der Waals surface area contributed by atoms with Crippen molar-refractivity contribution in [2.24, 2.45) is 29.6 Å². The summed E-state index contributed by atoms with van der Waals surface area (Å²) in [5.74, 6) is -11.0. The topological polar surface area (TPSA) is 283 Å². The molecular weight excluding hydrogens is 792 g/mol. The zero-order valence-corrected chi connectivity index (χ0v) is 32.5. The molecule has 0 bridgehead atoms. The summed E-state index contributed by atoms with van der Waals surface area (Å²) in [5, 5.41) is 60.4. The van der Waals surface area contributed by atoms with Crippen molar-refractivity contribution in [2.75, 3.05) is 54.4 Å². The molecule has 1 saturated carbocycles. The molecule has 2 aliphatic heterocycles. The van der Waals surface area contributed by atoms with E-state index in [1.807, 2.05) is 0 Å². The summed E-state index contributed by atoms with van der Waals surface area (Å²) in [6, 6.07) is 8.08. The first kappa shape index (κ1) is 40.7. The number of aromatic hydroxyl groups is 1. The number of nitro benzene ring substituents is 4. The maximum absolute atomic E-state index is 14.7. The number of amides is 4. The van der Waals surface area contributed by atoms with E-state index in [4.69, 9.17) is 4.74 Å². The highest BCUT2D eigenvalue weighted by Crippen LogP contribution is 2.60. The van der Waals surface area contributed by atoms with Crippen molar-refractivity contribution < 1.29 is 48.7 Å². The minimum atomic E-state index is -1.32. The molecule has 312 valence electrons. The van der Waals surface area contributed by atoms with Crippen LogP contribution in [0.5, 0.6) is 11.5 Å². The number of fused-ring (bicyclic) bond motifs is 4. The number of para-hydroxylation sites is 1. The molecule has 0 unspecified atom stereocenters. The zero-order chi connectivity index (χ0) is 43.8. The Labute approximate surface area is 338 Å². The number of hydrogen-bond donors (Lipinski definition) is 1. The van der Waals surface area contributed by atoms with Crippen molar-refractivity contribution in [1.82, 2.24) is 0 Å². The molecule has 1 N–H and O–H groups in total. The van der Waals surface area contributed by atoms with Crippen molar-refractivity contribution in [1.29, 1.82) is 0 Å². The van der Waals surface area contributed by atoms with E-state index in [0.29, 0.717) is 15.4 Å². The van der Waals surface area contributed by atoms with Crippen LogP contribution in [0.15, 0.2) is 54.1 Å². The third-order valence-corrected chi connectivity index (χ3v) is 11.6. The maximum atomic E-state index is 14.7. The Bertz CT molecular complexity index is 2430. The molecule has 4 aliphatic rings. The monoisotopic (exact) mass is 828 g/mol. The number of phenols is 1. The molecular formula is C38H36N8O14. The highest BCUT2D eigenvalue weighted by molar-refractivity contribution is 6.24. The van der Waals surface area contributed by atoms with Gasteiger partial charge in [-0.05, 0) is 31.7 Å². The fraction of sp³-hybridized carbons (Fsp3) is 0.368. The minimum absolute atomic E-state index is 0.0322. The summed E-state index contributed by atoms with van der Waals surface area (Å²) < 4.78 is 5.63. The van der Waals surface area contributed by atoms with E-state index in [1.165, 1.54) is 40.3 Å². The molecule has 0 radical (unpaired) electrons. The Morgan fingerprint density at radius 2 is 1.13 bits per heavy atom. The van der Waals surface area contributed by atoms with E-state index in [0.717, 1.165) is 34.1 Å². The lowest BCUT2D eigenvalue weighted by atomic mass is 9.57. The third-order valence-electron chi connectivity index (χ3n) is 11.6. The highest BCUT2D eigenvalue weighted by Gasteiger charge is 2.63. The van der Waals surface area contributed by atoms with E-state index in [2.05, 4.69) is 0 Å².